The summed E-state index contributed by atoms with van der Waals surface area (Å²) in [5, 5.41) is 20.3. The maximum absolute atomic E-state index is 10.3. The highest BCUT2D eigenvalue weighted by Crippen LogP contribution is 2.39. The quantitative estimate of drug-likeness (QED) is 0.653. The van der Waals surface area contributed by atoms with E-state index < -0.39 is 11.2 Å². The second kappa shape index (κ2) is 2.69. The summed E-state index contributed by atoms with van der Waals surface area (Å²) >= 11 is 0. The lowest BCUT2D eigenvalue weighted by atomic mass is 9.74. The van der Waals surface area contributed by atoms with Gasteiger partial charge in [0.25, 0.3) is 0 Å². The number of aliphatic hydroxyl groups is 2. The fraction of sp³-hybridized carbons (Fsp3) is 0.333. The Morgan fingerprint density at radius 2 is 1.71 bits per heavy atom. The Balaban J connectivity index is 2.66. The molecule has 2 heteroatoms. The number of hydrogen-bond donors (Lipinski definition) is 2. The largest absolute Gasteiger partial charge is 0.383 e. The summed E-state index contributed by atoms with van der Waals surface area (Å²) in [6, 6.07) is 7.55. The van der Waals surface area contributed by atoms with Crippen molar-refractivity contribution >= 4 is 6.08 Å². The molecule has 0 bridgehead atoms. The summed E-state index contributed by atoms with van der Waals surface area (Å²) in [7, 11) is 0. The molecule has 2 rings (SSSR count). The average molecular weight is 190 g/mol. The van der Waals surface area contributed by atoms with Gasteiger partial charge in [-0.2, -0.15) is 0 Å². The maximum atomic E-state index is 10.3. The van der Waals surface area contributed by atoms with Crippen molar-refractivity contribution < 1.29 is 10.2 Å². The minimum absolute atomic E-state index is 0.771. The van der Waals surface area contributed by atoms with Gasteiger partial charge in [-0.1, -0.05) is 30.3 Å². The monoisotopic (exact) mass is 190 g/mol. The molecule has 0 aromatic heterocycles. The number of hydrogen-bond acceptors (Lipinski definition) is 2. The van der Waals surface area contributed by atoms with Gasteiger partial charge in [0.2, 0.25) is 0 Å². The van der Waals surface area contributed by atoms with Crippen molar-refractivity contribution in [2.45, 2.75) is 25.0 Å². The summed E-state index contributed by atoms with van der Waals surface area (Å²) in [5.74, 6) is 0. The van der Waals surface area contributed by atoms with Gasteiger partial charge < -0.3 is 10.2 Å². The molecule has 0 saturated carbocycles. The number of fused-ring (bicyclic) bond motifs is 1. The van der Waals surface area contributed by atoms with Crippen molar-refractivity contribution in [3.8, 4) is 0 Å². The van der Waals surface area contributed by atoms with Crippen LogP contribution in [-0.4, -0.2) is 15.8 Å². The molecule has 0 fully saturated rings. The lowest BCUT2D eigenvalue weighted by molar-refractivity contribution is -0.108. The normalized spacial score (nSPS) is 35.4. The molecule has 1 aromatic carbocycles. The Labute approximate surface area is 83.5 Å². The van der Waals surface area contributed by atoms with Gasteiger partial charge in [0.15, 0.2) is 0 Å². The van der Waals surface area contributed by atoms with E-state index in [1.807, 2.05) is 30.3 Å². The third-order valence-electron chi connectivity index (χ3n) is 3.06. The van der Waals surface area contributed by atoms with E-state index in [4.69, 9.17) is 0 Å². The van der Waals surface area contributed by atoms with Crippen LogP contribution in [0.1, 0.15) is 25.0 Å². The van der Waals surface area contributed by atoms with Crippen molar-refractivity contribution in [3.63, 3.8) is 0 Å². The van der Waals surface area contributed by atoms with Gasteiger partial charge in [-0.05, 0) is 31.1 Å². The van der Waals surface area contributed by atoms with E-state index in [0.29, 0.717) is 0 Å². The summed E-state index contributed by atoms with van der Waals surface area (Å²) < 4.78 is 0. The molecule has 0 saturated heterocycles. The average Bonchev–Trinajstić information content (AvgIpc) is 2.13. The molecular weight excluding hydrogens is 176 g/mol. The molecule has 0 aliphatic heterocycles. The van der Waals surface area contributed by atoms with Crippen LogP contribution in [0.25, 0.3) is 6.08 Å². The fourth-order valence-electron chi connectivity index (χ4n) is 1.77. The molecular formula is C12H14O2. The highest BCUT2D eigenvalue weighted by Gasteiger charge is 2.44. The molecule has 14 heavy (non-hydrogen) atoms. The Bertz CT molecular complexity index is 389. The lowest BCUT2D eigenvalue weighted by Gasteiger charge is -2.40. The summed E-state index contributed by atoms with van der Waals surface area (Å²) in [6.07, 6.45) is 3.47. The van der Waals surface area contributed by atoms with E-state index in [1.54, 1.807) is 19.9 Å². The van der Waals surface area contributed by atoms with Gasteiger partial charge in [-0.3, -0.25) is 0 Å². The smallest absolute Gasteiger partial charge is 0.119 e. The lowest BCUT2D eigenvalue weighted by Crippen LogP contribution is -2.47. The van der Waals surface area contributed by atoms with Crippen LogP contribution in [0.15, 0.2) is 30.3 Å². The summed E-state index contributed by atoms with van der Waals surface area (Å²) in [6.45, 7) is 3.24. The minimum Gasteiger partial charge on any atom is -0.383 e. The molecule has 2 unspecified atom stereocenters. The highest BCUT2D eigenvalue weighted by atomic mass is 16.4. The fourth-order valence-corrected chi connectivity index (χ4v) is 1.77. The predicted molar refractivity (Wildman–Crippen MR) is 55.7 cm³/mol. The molecule has 74 valence electrons. The molecule has 1 aliphatic rings. The Kier molecular flexibility index (Phi) is 1.81. The van der Waals surface area contributed by atoms with Crippen LogP contribution in [0.3, 0.4) is 0 Å². The first-order valence-electron chi connectivity index (χ1n) is 4.69. The SMILES string of the molecule is CC1(O)C=Cc2ccccc2C1(C)O. The van der Waals surface area contributed by atoms with Crippen LogP contribution in [0, 0.1) is 0 Å². The second-order valence-corrected chi connectivity index (χ2v) is 4.14. The topological polar surface area (TPSA) is 40.5 Å². The molecule has 2 nitrogen and oxygen atoms in total. The van der Waals surface area contributed by atoms with Crippen LogP contribution in [-0.2, 0) is 5.60 Å². The number of rotatable bonds is 0. The number of benzene rings is 1. The first-order chi connectivity index (χ1) is 6.45. The van der Waals surface area contributed by atoms with Gasteiger partial charge in [-0.15, -0.1) is 0 Å². The van der Waals surface area contributed by atoms with Crippen LogP contribution in [0.5, 0.6) is 0 Å². The predicted octanol–water partition coefficient (Wildman–Crippen LogP) is 1.67. The van der Waals surface area contributed by atoms with Crippen LogP contribution >= 0.6 is 0 Å². The molecule has 0 amide bonds. The van der Waals surface area contributed by atoms with E-state index >= 15 is 0 Å². The minimum atomic E-state index is -1.22. The zero-order valence-corrected chi connectivity index (χ0v) is 8.36. The zero-order valence-electron chi connectivity index (χ0n) is 8.36. The van der Waals surface area contributed by atoms with Crippen LogP contribution in [0.2, 0.25) is 0 Å². The third kappa shape index (κ3) is 1.11. The Morgan fingerprint density at radius 3 is 2.43 bits per heavy atom. The molecule has 0 radical (unpaired) electrons. The highest BCUT2D eigenvalue weighted by molar-refractivity contribution is 5.61. The molecule has 1 aromatic rings. The van der Waals surface area contributed by atoms with E-state index in [9.17, 15) is 10.2 Å². The maximum Gasteiger partial charge on any atom is 0.119 e. The van der Waals surface area contributed by atoms with Gasteiger partial charge in [-0.25, -0.2) is 0 Å². The van der Waals surface area contributed by atoms with Gasteiger partial charge in [0.1, 0.15) is 11.2 Å². The Morgan fingerprint density at radius 1 is 1.07 bits per heavy atom. The van der Waals surface area contributed by atoms with E-state index in [0.717, 1.165) is 11.1 Å². The van der Waals surface area contributed by atoms with E-state index in [-0.39, 0.29) is 0 Å². The Hall–Kier alpha value is -1.12. The molecule has 2 atom stereocenters. The van der Waals surface area contributed by atoms with Crippen molar-refractivity contribution in [2.24, 2.45) is 0 Å². The second-order valence-electron chi connectivity index (χ2n) is 4.14. The molecule has 1 aliphatic carbocycles. The van der Waals surface area contributed by atoms with Gasteiger partial charge in [0.05, 0.1) is 0 Å². The molecule has 0 spiro atoms. The standard InChI is InChI=1S/C12H14O2/c1-11(13)8-7-9-5-3-4-6-10(9)12(11,2)14/h3-8,13-14H,1-2H3. The van der Waals surface area contributed by atoms with Crippen molar-refractivity contribution in [3.05, 3.63) is 41.5 Å². The third-order valence-corrected chi connectivity index (χ3v) is 3.06. The summed E-state index contributed by atoms with van der Waals surface area (Å²) in [5.41, 5.74) is -0.698. The molecule has 2 N–H and O–H groups in total. The zero-order chi connectivity index (χ0) is 10.4. The van der Waals surface area contributed by atoms with Crippen molar-refractivity contribution in [2.75, 3.05) is 0 Å². The summed E-state index contributed by atoms with van der Waals surface area (Å²) in [4.78, 5) is 0. The van der Waals surface area contributed by atoms with Gasteiger partial charge >= 0.3 is 0 Å². The first kappa shape index (κ1) is 9.44. The first-order valence-corrected chi connectivity index (χ1v) is 4.69. The van der Waals surface area contributed by atoms with Gasteiger partial charge in [0, 0.05) is 0 Å². The van der Waals surface area contributed by atoms with E-state index in [2.05, 4.69) is 0 Å². The van der Waals surface area contributed by atoms with Crippen molar-refractivity contribution in [1.29, 1.82) is 0 Å². The van der Waals surface area contributed by atoms with Crippen LogP contribution < -0.4 is 0 Å². The van der Waals surface area contributed by atoms with E-state index in [1.165, 1.54) is 0 Å². The molecule has 0 heterocycles. The van der Waals surface area contributed by atoms with Crippen molar-refractivity contribution in [1.82, 2.24) is 0 Å². The van der Waals surface area contributed by atoms with Crippen LogP contribution in [0.4, 0.5) is 0 Å².